The smallest absolute Gasteiger partial charge is 0.309 e. The third kappa shape index (κ3) is 4.43. The van der Waals surface area contributed by atoms with E-state index in [0.717, 1.165) is 31.4 Å². The average Bonchev–Trinajstić information content (AvgIpc) is 3.00. The summed E-state index contributed by atoms with van der Waals surface area (Å²) in [7, 11) is 0. The standard InChI is InChI=1S/C20H28N2O4/c1-3-25-17(15-7-5-4-6-8-15)12-21-18(23)19(24)22-16-10-20(11-16)9-14(2)26-13-20/h4-8,14,16-17H,3,9-13H2,1-2H3,(H,21,23)(H,22,24). The van der Waals surface area contributed by atoms with Crippen molar-refractivity contribution in [1.29, 1.82) is 0 Å². The molecule has 142 valence electrons. The highest BCUT2D eigenvalue weighted by molar-refractivity contribution is 6.35. The highest BCUT2D eigenvalue weighted by Gasteiger charge is 2.49. The maximum Gasteiger partial charge on any atom is 0.309 e. The van der Waals surface area contributed by atoms with Crippen molar-refractivity contribution in [2.75, 3.05) is 19.8 Å². The Bertz CT molecular complexity index is 628. The van der Waals surface area contributed by atoms with Gasteiger partial charge in [0.2, 0.25) is 0 Å². The number of hydrogen-bond acceptors (Lipinski definition) is 4. The van der Waals surface area contributed by atoms with E-state index < -0.39 is 11.8 Å². The van der Waals surface area contributed by atoms with Crippen LogP contribution in [0.5, 0.6) is 0 Å². The van der Waals surface area contributed by atoms with Gasteiger partial charge in [-0.1, -0.05) is 30.3 Å². The van der Waals surface area contributed by atoms with Gasteiger partial charge in [-0.05, 0) is 38.7 Å². The molecule has 6 heteroatoms. The number of benzene rings is 1. The molecule has 2 unspecified atom stereocenters. The Morgan fingerprint density at radius 2 is 1.96 bits per heavy atom. The van der Waals surface area contributed by atoms with Gasteiger partial charge in [0.05, 0.1) is 18.8 Å². The summed E-state index contributed by atoms with van der Waals surface area (Å²) < 4.78 is 11.3. The fourth-order valence-corrected chi connectivity index (χ4v) is 4.08. The molecule has 2 aliphatic rings. The van der Waals surface area contributed by atoms with Crippen molar-refractivity contribution in [3.05, 3.63) is 35.9 Å². The van der Waals surface area contributed by atoms with E-state index in [2.05, 4.69) is 17.6 Å². The van der Waals surface area contributed by atoms with Crippen LogP contribution in [0.15, 0.2) is 30.3 Å². The largest absolute Gasteiger partial charge is 0.378 e. The first kappa shape index (κ1) is 18.9. The molecule has 1 aromatic rings. The second kappa shape index (κ2) is 8.18. The number of hydrogen-bond donors (Lipinski definition) is 2. The van der Waals surface area contributed by atoms with Crippen molar-refractivity contribution in [3.63, 3.8) is 0 Å². The molecule has 2 fully saturated rings. The molecular weight excluding hydrogens is 332 g/mol. The molecule has 3 rings (SSSR count). The van der Waals surface area contributed by atoms with Crippen molar-refractivity contribution in [3.8, 4) is 0 Å². The van der Waals surface area contributed by atoms with Gasteiger partial charge in [-0.15, -0.1) is 0 Å². The minimum Gasteiger partial charge on any atom is -0.378 e. The number of carbonyl (C=O) groups is 2. The Morgan fingerprint density at radius 3 is 2.58 bits per heavy atom. The molecule has 1 spiro atoms. The molecule has 2 atom stereocenters. The maximum absolute atomic E-state index is 12.1. The molecule has 1 aliphatic carbocycles. The van der Waals surface area contributed by atoms with Crippen molar-refractivity contribution in [2.24, 2.45) is 5.41 Å². The van der Waals surface area contributed by atoms with Crippen LogP contribution in [0.3, 0.4) is 0 Å². The summed E-state index contributed by atoms with van der Waals surface area (Å²) in [6.45, 7) is 5.55. The normalized spacial score (nSPS) is 28.4. The quantitative estimate of drug-likeness (QED) is 0.761. The molecule has 26 heavy (non-hydrogen) atoms. The molecule has 1 aliphatic heterocycles. The van der Waals surface area contributed by atoms with Gasteiger partial charge in [-0.25, -0.2) is 0 Å². The molecule has 1 heterocycles. The Kier molecular flexibility index (Phi) is 5.94. The predicted molar refractivity (Wildman–Crippen MR) is 97.4 cm³/mol. The summed E-state index contributed by atoms with van der Waals surface area (Å²) in [6, 6.07) is 9.75. The molecule has 1 saturated carbocycles. The predicted octanol–water partition coefficient (Wildman–Crippen LogP) is 1.95. The van der Waals surface area contributed by atoms with Crippen LogP contribution in [-0.4, -0.2) is 43.7 Å². The Balaban J connectivity index is 1.43. The number of ether oxygens (including phenoxy) is 2. The third-order valence-electron chi connectivity index (χ3n) is 5.28. The van der Waals surface area contributed by atoms with Gasteiger partial charge in [-0.2, -0.15) is 0 Å². The highest BCUT2D eigenvalue weighted by Crippen LogP contribution is 2.49. The molecule has 6 nitrogen and oxygen atoms in total. The van der Waals surface area contributed by atoms with Crippen LogP contribution in [0.2, 0.25) is 0 Å². The fourth-order valence-electron chi connectivity index (χ4n) is 4.08. The lowest BCUT2D eigenvalue weighted by Gasteiger charge is -2.44. The van der Waals surface area contributed by atoms with Crippen LogP contribution in [-0.2, 0) is 19.1 Å². The first-order chi connectivity index (χ1) is 12.5. The maximum atomic E-state index is 12.1. The first-order valence-electron chi connectivity index (χ1n) is 9.38. The molecule has 1 aromatic carbocycles. The Morgan fingerprint density at radius 1 is 1.23 bits per heavy atom. The van der Waals surface area contributed by atoms with E-state index in [1.54, 1.807) is 0 Å². The highest BCUT2D eigenvalue weighted by atomic mass is 16.5. The van der Waals surface area contributed by atoms with Crippen LogP contribution in [0.25, 0.3) is 0 Å². The molecule has 2 N–H and O–H groups in total. The van der Waals surface area contributed by atoms with Gasteiger partial charge < -0.3 is 20.1 Å². The summed E-state index contributed by atoms with van der Waals surface area (Å²) in [4.78, 5) is 24.2. The van der Waals surface area contributed by atoms with Crippen molar-refractivity contribution in [1.82, 2.24) is 10.6 Å². The zero-order valence-electron chi connectivity index (χ0n) is 15.5. The zero-order valence-corrected chi connectivity index (χ0v) is 15.5. The van der Waals surface area contributed by atoms with Crippen LogP contribution in [0.4, 0.5) is 0 Å². The minimum atomic E-state index is -0.609. The molecule has 2 amide bonds. The number of amides is 2. The minimum absolute atomic E-state index is 0.0685. The van der Waals surface area contributed by atoms with Gasteiger partial charge in [0, 0.05) is 24.6 Å². The number of rotatable bonds is 6. The van der Waals surface area contributed by atoms with Crippen molar-refractivity contribution >= 4 is 11.8 Å². The summed E-state index contributed by atoms with van der Waals surface area (Å²) in [6.07, 6.45) is 2.85. The second-order valence-corrected chi connectivity index (χ2v) is 7.47. The summed E-state index contributed by atoms with van der Waals surface area (Å²) in [5.41, 5.74) is 1.19. The van der Waals surface area contributed by atoms with Crippen molar-refractivity contribution in [2.45, 2.75) is 51.4 Å². The van der Waals surface area contributed by atoms with E-state index in [1.807, 2.05) is 37.3 Å². The SMILES string of the molecule is CCOC(CNC(=O)C(=O)NC1CC2(COC(C)C2)C1)c1ccccc1. The van der Waals surface area contributed by atoms with Gasteiger partial charge in [0.25, 0.3) is 0 Å². The lowest BCUT2D eigenvalue weighted by molar-refractivity contribution is -0.141. The fraction of sp³-hybridized carbons (Fsp3) is 0.600. The van der Waals surface area contributed by atoms with Crippen LogP contribution in [0.1, 0.15) is 44.8 Å². The molecule has 0 radical (unpaired) electrons. The monoisotopic (exact) mass is 360 g/mol. The Hall–Kier alpha value is -1.92. The lowest BCUT2D eigenvalue weighted by Crippen LogP contribution is -2.54. The molecule has 0 aromatic heterocycles. The number of carbonyl (C=O) groups excluding carboxylic acids is 2. The van der Waals surface area contributed by atoms with Gasteiger partial charge in [-0.3, -0.25) is 9.59 Å². The van der Waals surface area contributed by atoms with Crippen molar-refractivity contribution < 1.29 is 19.1 Å². The first-order valence-corrected chi connectivity index (χ1v) is 9.38. The molecule has 0 bridgehead atoms. The molecule has 1 saturated heterocycles. The van der Waals surface area contributed by atoms with Gasteiger partial charge in [0.1, 0.15) is 0 Å². The topological polar surface area (TPSA) is 76.7 Å². The summed E-state index contributed by atoms with van der Waals surface area (Å²) >= 11 is 0. The molecular formula is C20H28N2O4. The zero-order chi connectivity index (χ0) is 18.6. The average molecular weight is 360 g/mol. The van der Waals surface area contributed by atoms with E-state index in [9.17, 15) is 9.59 Å². The van der Waals surface area contributed by atoms with Gasteiger partial charge in [0.15, 0.2) is 0 Å². The third-order valence-corrected chi connectivity index (χ3v) is 5.28. The lowest BCUT2D eigenvalue weighted by atomic mass is 9.64. The van der Waals surface area contributed by atoms with E-state index in [-0.39, 0.29) is 24.1 Å². The van der Waals surface area contributed by atoms with Crippen LogP contribution < -0.4 is 10.6 Å². The van der Waals surface area contributed by atoms with E-state index in [1.165, 1.54) is 0 Å². The van der Waals surface area contributed by atoms with Gasteiger partial charge >= 0.3 is 11.8 Å². The van der Waals surface area contributed by atoms with E-state index in [4.69, 9.17) is 9.47 Å². The summed E-state index contributed by atoms with van der Waals surface area (Å²) in [5.74, 6) is -1.18. The van der Waals surface area contributed by atoms with Crippen LogP contribution >= 0.6 is 0 Å². The number of nitrogens with one attached hydrogen (secondary N) is 2. The van der Waals surface area contributed by atoms with E-state index >= 15 is 0 Å². The Labute approximate surface area is 154 Å². The van der Waals surface area contributed by atoms with E-state index in [0.29, 0.717) is 12.7 Å². The van der Waals surface area contributed by atoms with Crippen LogP contribution in [0, 0.1) is 5.41 Å². The second-order valence-electron chi connectivity index (χ2n) is 7.47. The summed E-state index contributed by atoms with van der Waals surface area (Å²) in [5, 5.41) is 5.52.